The van der Waals surface area contributed by atoms with Crippen molar-refractivity contribution in [3.05, 3.63) is 0 Å². The van der Waals surface area contributed by atoms with Crippen molar-refractivity contribution in [2.24, 2.45) is 0 Å². The van der Waals surface area contributed by atoms with Crippen molar-refractivity contribution >= 4 is 18.1 Å². The smallest absolute Gasteiger partial charge is 0.169 e. The first-order valence-corrected chi connectivity index (χ1v) is 11.1. The Hall–Kier alpha value is 0.314. The van der Waals surface area contributed by atoms with Crippen LogP contribution in [0.5, 0.6) is 0 Å². The average Bonchev–Trinajstić information content (AvgIpc) is 2.17. The van der Waals surface area contributed by atoms with Crippen molar-refractivity contribution in [2.45, 2.75) is 32.1 Å². The SMILES string of the molecule is C[Si](C)(C)O[SiH2]CCCN1CCNCC1. The highest BCUT2D eigenvalue weighted by Gasteiger charge is 2.13. The largest absolute Gasteiger partial charge is 0.461 e. The molecule has 90 valence electrons. The maximum Gasteiger partial charge on any atom is 0.169 e. The fourth-order valence-electron chi connectivity index (χ4n) is 1.75. The monoisotopic (exact) mass is 246 g/mol. The van der Waals surface area contributed by atoms with Crippen LogP contribution in [0.25, 0.3) is 0 Å². The van der Waals surface area contributed by atoms with Crippen LogP contribution in [-0.2, 0) is 4.12 Å². The van der Waals surface area contributed by atoms with E-state index in [0.29, 0.717) is 0 Å². The number of nitrogens with zero attached hydrogens (tertiary/aromatic N) is 1. The fraction of sp³-hybridized carbons (Fsp3) is 1.00. The lowest BCUT2D eigenvalue weighted by Crippen LogP contribution is -2.43. The lowest BCUT2D eigenvalue weighted by molar-refractivity contribution is 0.241. The fourth-order valence-corrected chi connectivity index (χ4v) is 5.21. The summed E-state index contributed by atoms with van der Waals surface area (Å²) < 4.78 is 5.97. The lowest BCUT2D eigenvalue weighted by Gasteiger charge is -2.27. The van der Waals surface area contributed by atoms with Crippen LogP contribution in [-0.4, -0.2) is 55.7 Å². The first kappa shape index (κ1) is 13.4. The molecule has 1 fully saturated rings. The van der Waals surface area contributed by atoms with Gasteiger partial charge in [0.05, 0.1) is 0 Å². The lowest BCUT2D eigenvalue weighted by atomic mass is 10.3. The predicted molar refractivity (Wildman–Crippen MR) is 71.7 cm³/mol. The van der Waals surface area contributed by atoms with Gasteiger partial charge in [-0.15, -0.1) is 0 Å². The van der Waals surface area contributed by atoms with Crippen molar-refractivity contribution in [3.8, 4) is 0 Å². The average molecular weight is 247 g/mol. The second-order valence-electron chi connectivity index (χ2n) is 5.26. The van der Waals surface area contributed by atoms with Gasteiger partial charge in [0.1, 0.15) is 9.76 Å². The molecule has 3 nitrogen and oxygen atoms in total. The van der Waals surface area contributed by atoms with E-state index in [0.717, 1.165) is 0 Å². The highest BCUT2D eigenvalue weighted by Crippen LogP contribution is 2.04. The van der Waals surface area contributed by atoms with Crippen molar-refractivity contribution < 1.29 is 4.12 Å². The van der Waals surface area contributed by atoms with Crippen LogP contribution in [0.1, 0.15) is 6.42 Å². The number of piperazine rings is 1. The summed E-state index contributed by atoms with van der Waals surface area (Å²) in [6.45, 7) is 12.9. The minimum Gasteiger partial charge on any atom is -0.461 e. The molecule has 0 aromatic heterocycles. The molecular formula is C10H26N2OSi2. The first-order chi connectivity index (χ1) is 7.08. The molecule has 5 heteroatoms. The molecule has 15 heavy (non-hydrogen) atoms. The number of hydrogen-bond acceptors (Lipinski definition) is 3. The maximum absolute atomic E-state index is 5.97. The van der Waals surface area contributed by atoms with E-state index >= 15 is 0 Å². The Bertz CT molecular complexity index is 167. The van der Waals surface area contributed by atoms with E-state index in [9.17, 15) is 0 Å². The second kappa shape index (κ2) is 6.80. The predicted octanol–water partition coefficient (Wildman–Crippen LogP) is 0.635. The molecule has 0 aromatic carbocycles. The zero-order chi connectivity index (χ0) is 11.1. The summed E-state index contributed by atoms with van der Waals surface area (Å²) in [5, 5.41) is 3.38. The van der Waals surface area contributed by atoms with E-state index in [1.54, 1.807) is 0 Å². The molecule has 1 rings (SSSR count). The number of hydrogen-bond donors (Lipinski definition) is 1. The zero-order valence-electron chi connectivity index (χ0n) is 10.5. The Morgan fingerprint density at radius 3 is 2.53 bits per heavy atom. The third kappa shape index (κ3) is 7.24. The molecule has 1 N–H and O–H groups in total. The molecule has 0 saturated carbocycles. The molecule has 0 spiro atoms. The van der Waals surface area contributed by atoms with Gasteiger partial charge in [-0.25, -0.2) is 0 Å². The van der Waals surface area contributed by atoms with E-state index < -0.39 is 8.32 Å². The van der Waals surface area contributed by atoms with E-state index in [1.807, 2.05) is 0 Å². The van der Waals surface area contributed by atoms with Gasteiger partial charge < -0.3 is 14.3 Å². The van der Waals surface area contributed by atoms with Gasteiger partial charge in [0.25, 0.3) is 0 Å². The summed E-state index contributed by atoms with van der Waals surface area (Å²) in [7, 11) is -1.43. The third-order valence-electron chi connectivity index (χ3n) is 2.61. The Morgan fingerprint density at radius 2 is 1.93 bits per heavy atom. The van der Waals surface area contributed by atoms with Gasteiger partial charge in [0.2, 0.25) is 0 Å². The Kier molecular flexibility index (Phi) is 6.07. The Labute approximate surface area is 97.6 Å². The summed E-state index contributed by atoms with van der Waals surface area (Å²) in [5.41, 5.74) is 0. The summed E-state index contributed by atoms with van der Waals surface area (Å²) in [6.07, 6.45) is 1.34. The Balaban J connectivity index is 1.92. The van der Waals surface area contributed by atoms with Crippen molar-refractivity contribution in [3.63, 3.8) is 0 Å². The quantitative estimate of drug-likeness (QED) is 0.550. The summed E-state index contributed by atoms with van der Waals surface area (Å²) in [5.74, 6) is 0. The normalized spacial score (nSPS) is 20.2. The third-order valence-corrected chi connectivity index (χ3v) is 7.68. The van der Waals surface area contributed by atoms with E-state index in [2.05, 4.69) is 29.9 Å². The molecule has 1 aliphatic heterocycles. The van der Waals surface area contributed by atoms with Crippen LogP contribution >= 0.6 is 0 Å². The van der Waals surface area contributed by atoms with Crippen LogP contribution in [0.4, 0.5) is 0 Å². The Morgan fingerprint density at radius 1 is 1.27 bits per heavy atom. The zero-order valence-corrected chi connectivity index (χ0v) is 12.9. The molecule has 0 aliphatic carbocycles. The molecular weight excluding hydrogens is 220 g/mol. The number of nitrogens with one attached hydrogen (secondary N) is 1. The summed E-state index contributed by atoms with van der Waals surface area (Å²) >= 11 is 0. The van der Waals surface area contributed by atoms with Gasteiger partial charge in [-0.05, 0) is 38.7 Å². The van der Waals surface area contributed by atoms with Gasteiger partial charge in [0.15, 0.2) is 8.32 Å². The highest BCUT2D eigenvalue weighted by atomic mass is 28.4. The van der Waals surface area contributed by atoms with Gasteiger partial charge in [-0.2, -0.15) is 0 Å². The molecule has 0 amide bonds. The standard InChI is InChI=1S/C10H26N2OSi2/c1-15(2,3)13-14-10-4-7-12-8-5-11-6-9-12/h11H,4-10,14H2,1-3H3. The van der Waals surface area contributed by atoms with Crippen LogP contribution in [0, 0.1) is 0 Å². The van der Waals surface area contributed by atoms with Crippen molar-refractivity contribution in [1.29, 1.82) is 0 Å². The summed E-state index contributed by atoms with van der Waals surface area (Å²) in [4.78, 5) is 2.57. The van der Waals surface area contributed by atoms with Crippen LogP contribution < -0.4 is 5.32 Å². The van der Waals surface area contributed by atoms with Crippen molar-refractivity contribution in [1.82, 2.24) is 10.2 Å². The molecule has 0 aromatic rings. The molecule has 0 radical (unpaired) electrons. The summed E-state index contributed by atoms with van der Waals surface area (Å²) in [6, 6.07) is 1.36. The van der Waals surface area contributed by atoms with Crippen LogP contribution in [0.3, 0.4) is 0 Å². The van der Waals surface area contributed by atoms with E-state index in [4.69, 9.17) is 4.12 Å². The van der Waals surface area contributed by atoms with Gasteiger partial charge in [0, 0.05) is 26.2 Å². The maximum atomic E-state index is 5.97. The van der Waals surface area contributed by atoms with E-state index in [-0.39, 0.29) is 9.76 Å². The van der Waals surface area contributed by atoms with Gasteiger partial charge in [-0.1, -0.05) is 0 Å². The minimum atomic E-state index is -1.21. The van der Waals surface area contributed by atoms with Crippen molar-refractivity contribution in [2.75, 3.05) is 32.7 Å². The van der Waals surface area contributed by atoms with Crippen LogP contribution in [0.2, 0.25) is 25.7 Å². The van der Waals surface area contributed by atoms with Gasteiger partial charge >= 0.3 is 0 Å². The topological polar surface area (TPSA) is 24.5 Å². The first-order valence-electron chi connectivity index (χ1n) is 6.15. The van der Waals surface area contributed by atoms with Gasteiger partial charge in [-0.3, -0.25) is 0 Å². The minimum absolute atomic E-state index is 0.220. The molecule has 1 aliphatic rings. The molecule has 1 saturated heterocycles. The van der Waals surface area contributed by atoms with Crippen LogP contribution in [0.15, 0.2) is 0 Å². The van der Waals surface area contributed by atoms with E-state index in [1.165, 1.54) is 45.2 Å². The molecule has 0 bridgehead atoms. The highest BCUT2D eigenvalue weighted by molar-refractivity contribution is 6.73. The number of rotatable bonds is 6. The molecule has 0 atom stereocenters. The molecule has 0 unspecified atom stereocenters. The second-order valence-corrected chi connectivity index (χ2v) is 11.8. The molecule has 1 heterocycles.